The summed E-state index contributed by atoms with van der Waals surface area (Å²) in [6.07, 6.45) is 8.41. The molecule has 0 radical (unpaired) electrons. The Hall–Kier alpha value is -1.69. The molecule has 1 aliphatic heterocycles. The molecule has 0 fully saturated rings. The summed E-state index contributed by atoms with van der Waals surface area (Å²) in [7, 11) is 0. The van der Waals surface area contributed by atoms with Crippen molar-refractivity contribution in [1.29, 1.82) is 5.26 Å². The van der Waals surface area contributed by atoms with E-state index >= 15 is 0 Å². The summed E-state index contributed by atoms with van der Waals surface area (Å²) in [5.74, 6) is 0. The zero-order valence-corrected chi connectivity index (χ0v) is 5.23. The third kappa shape index (κ3) is 1.67. The Labute approximate surface area is 58.7 Å². The van der Waals surface area contributed by atoms with Gasteiger partial charge >= 0.3 is 0 Å². The topological polar surface area (TPSA) is 48.5 Å². The van der Waals surface area contributed by atoms with Gasteiger partial charge in [-0.15, -0.1) is 5.11 Å². The molecule has 0 amide bonds. The van der Waals surface area contributed by atoms with Crippen LogP contribution in [0.5, 0.6) is 0 Å². The molecule has 0 spiro atoms. The highest BCUT2D eigenvalue weighted by molar-refractivity contribution is 5.26. The average Bonchev–Trinajstić information content (AvgIpc) is 1.87. The van der Waals surface area contributed by atoms with Crippen LogP contribution in [-0.2, 0) is 0 Å². The maximum Gasteiger partial charge on any atom is 0.163 e. The maximum atomic E-state index is 8.38. The van der Waals surface area contributed by atoms with Crippen LogP contribution < -0.4 is 0 Å². The van der Waals surface area contributed by atoms with E-state index in [-0.39, 0.29) is 0 Å². The lowest BCUT2D eigenvalue weighted by atomic mass is 10.4. The third-order valence-electron chi connectivity index (χ3n) is 0.909. The molecule has 0 aromatic carbocycles. The Morgan fingerprint density at radius 2 is 2.20 bits per heavy atom. The molecule has 0 N–H and O–H groups in total. The number of nitrogens with zero attached hydrogens (tertiary/aromatic N) is 3. The van der Waals surface area contributed by atoms with E-state index in [2.05, 4.69) is 10.2 Å². The molecule has 0 aromatic rings. The number of hydrogen-bond donors (Lipinski definition) is 0. The van der Waals surface area contributed by atoms with Gasteiger partial charge in [0.1, 0.15) is 6.07 Å². The summed E-state index contributed by atoms with van der Waals surface area (Å²) < 4.78 is 0. The third-order valence-corrected chi connectivity index (χ3v) is 0.909. The van der Waals surface area contributed by atoms with E-state index in [9.17, 15) is 0 Å². The first kappa shape index (κ1) is 6.43. The van der Waals surface area contributed by atoms with Crippen molar-refractivity contribution in [3.8, 4) is 6.07 Å². The summed E-state index contributed by atoms with van der Waals surface area (Å²) in [6.45, 7) is 0. The van der Waals surface area contributed by atoms with E-state index in [1.54, 1.807) is 24.3 Å². The first-order chi connectivity index (χ1) is 4.93. The van der Waals surface area contributed by atoms with E-state index in [0.717, 1.165) is 0 Å². The number of allylic oxidation sites excluding steroid dienone is 5. The minimum atomic E-state index is 0.320. The van der Waals surface area contributed by atoms with Gasteiger partial charge in [-0.2, -0.15) is 10.4 Å². The van der Waals surface area contributed by atoms with Crippen molar-refractivity contribution in [3.63, 3.8) is 0 Å². The highest BCUT2D eigenvalue weighted by atomic mass is 15.1. The summed E-state index contributed by atoms with van der Waals surface area (Å²) in [5, 5.41) is 15.6. The first-order valence-corrected chi connectivity index (χ1v) is 2.78. The summed E-state index contributed by atoms with van der Waals surface area (Å²) in [6, 6.07) is 1.89. The highest BCUT2D eigenvalue weighted by Crippen LogP contribution is 1.99. The molecule has 1 aliphatic rings. The van der Waals surface area contributed by atoms with Crippen molar-refractivity contribution in [3.05, 3.63) is 36.2 Å². The van der Waals surface area contributed by atoms with E-state index in [4.69, 9.17) is 5.26 Å². The van der Waals surface area contributed by atoms with Gasteiger partial charge in [0.15, 0.2) is 5.70 Å². The Morgan fingerprint density at radius 3 is 3.00 bits per heavy atom. The molecule has 0 saturated heterocycles. The molecule has 0 saturated carbocycles. The molecule has 0 aromatic heterocycles. The predicted octanol–water partition coefficient (Wildman–Crippen LogP) is 1.93. The van der Waals surface area contributed by atoms with Gasteiger partial charge in [-0.1, -0.05) is 12.2 Å². The molecule has 10 heavy (non-hydrogen) atoms. The second kappa shape index (κ2) is 3.36. The minimum Gasteiger partial charge on any atom is -0.191 e. The Morgan fingerprint density at radius 1 is 1.30 bits per heavy atom. The van der Waals surface area contributed by atoms with Gasteiger partial charge in [0, 0.05) is 6.20 Å². The van der Waals surface area contributed by atoms with Crippen molar-refractivity contribution < 1.29 is 0 Å². The highest BCUT2D eigenvalue weighted by Gasteiger charge is 1.86. The number of rotatable bonds is 0. The molecule has 0 unspecified atom stereocenters. The quantitative estimate of drug-likeness (QED) is 0.495. The lowest BCUT2D eigenvalue weighted by Gasteiger charge is -1.83. The fourth-order valence-corrected chi connectivity index (χ4v) is 0.488. The van der Waals surface area contributed by atoms with Crippen LogP contribution in [0.3, 0.4) is 0 Å². The maximum absolute atomic E-state index is 8.38. The molecule has 48 valence electrons. The van der Waals surface area contributed by atoms with Gasteiger partial charge in [0.25, 0.3) is 0 Å². The van der Waals surface area contributed by atoms with Gasteiger partial charge < -0.3 is 0 Å². The first-order valence-electron chi connectivity index (χ1n) is 2.78. The zero-order chi connectivity index (χ0) is 7.23. The van der Waals surface area contributed by atoms with Gasteiger partial charge in [-0.05, 0) is 12.2 Å². The summed E-state index contributed by atoms with van der Waals surface area (Å²) in [4.78, 5) is 0. The van der Waals surface area contributed by atoms with Crippen molar-refractivity contribution in [2.45, 2.75) is 0 Å². The lowest BCUT2D eigenvalue weighted by Crippen LogP contribution is -1.69. The SMILES string of the molecule is N#CC1=C/C=C\C=C/N=N1. The van der Waals surface area contributed by atoms with Crippen molar-refractivity contribution in [2.75, 3.05) is 0 Å². The average molecular weight is 131 g/mol. The van der Waals surface area contributed by atoms with Crippen LogP contribution in [0.1, 0.15) is 0 Å². The van der Waals surface area contributed by atoms with E-state index < -0.39 is 0 Å². The smallest absolute Gasteiger partial charge is 0.163 e. The standard InChI is InChI=1S/C7H5N3/c8-6-7-4-2-1-3-5-9-10-7/h1-5H/b2-1-,3-1?,4-2?,5-3-,7-4?,9-5?,10-7?,10-9?. The number of azo groups is 1. The van der Waals surface area contributed by atoms with E-state index in [1.165, 1.54) is 6.20 Å². The molecule has 0 aliphatic carbocycles. The Bertz CT molecular complexity index is 263. The largest absolute Gasteiger partial charge is 0.191 e. The van der Waals surface area contributed by atoms with Crippen molar-refractivity contribution in [2.24, 2.45) is 10.2 Å². The van der Waals surface area contributed by atoms with Crippen LogP contribution in [0.15, 0.2) is 46.4 Å². The van der Waals surface area contributed by atoms with E-state index in [0.29, 0.717) is 5.70 Å². The van der Waals surface area contributed by atoms with Gasteiger partial charge in [0.05, 0.1) is 0 Å². The van der Waals surface area contributed by atoms with Gasteiger partial charge in [-0.25, -0.2) is 0 Å². The molecule has 3 heteroatoms. The van der Waals surface area contributed by atoms with Crippen LogP contribution in [-0.4, -0.2) is 0 Å². The van der Waals surface area contributed by atoms with Gasteiger partial charge in [0.2, 0.25) is 0 Å². The fraction of sp³-hybridized carbons (Fsp3) is 0. The molecule has 0 atom stereocenters. The van der Waals surface area contributed by atoms with Crippen LogP contribution in [0.2, 0.25) is 0 Å². The molecule has 1 rings (SSSR count). The number of hydrogen-bond acceptors (Lipinski definition) is 3. The van der Waals surface area contributed by atoms with Crippen LogP contribution >= 0.6 is 0 Å². The summed E-state index contributed by atoms with van der Waals surface area (Å²) in [5.41, 5.74) is 0.320. The monoisotopic (exact) mass is 131 g/mol. The van der Waals surface area contributed by atoms with Crippen LogP contribution in [0.4, 0.5) is 0 Å². The summed E-state index contributed by atoms with van der Waals surface area (Å²) >= 11 is 0. The second-order valence-corrected chi connectivity index (χ2v) is 1.61. The Kier molecular flexibility index (Phi) is 2.16. The molecular formula is C7H5N3. The van der Waals surface area contributed by atoms with E-state index in [1.807, 2.05) is 6.07 Å². The van der Waals surface area contributed by atoms with Crippen molar-refractivity contribution >= 4 is 0 Å². The molecule has 1 heterocycles. The Balaban J connectivity index is 2.86. The second-order valence-electron chi connectivity index (χ2n) is 1.61. The normalized spacial score (nSPS) is 21.7. The fourth-order valence-electron chi connectivity index (χ4n) is 0.488. The van der Waals surface area contributed by atoms with Crippen LogP contribution in [0, 0.1) is 11.3 Å². The van der Waals surface area contributed by atoms with Gasteiger partial charge in [-0.3, -0.25) is 0 Å². The molecule has 3 nitrogen and oxygen atoms in total. The van der Waals surface area contributed by atoms with Crippen LogP contribution in [0.25, 0.3) is 0 Å². The van der Waals surface area contributed by atoms with Crippen molar-refractivity contribution in [1.82, 2.24) is 0 Å². The molecular weight excluding hydrogens is 126 g/mol. The minimum absolute atomic E-state index is 0.320. The lowest BCUT2D eigenvalue weighted by molar-refractivity contribution is 1.16. The molecule has 0 bridgehead atoms. The zero-order valence-electron chi connectivity index (χ0n) is 5.23. The number of nitriles is 1. The predicted molar refractivity (Wildman–Crippen MR) is 36.8 cm³/mol.